The molecule has 6 heteroatoms. The molecule has 0 spiro atoms. The standard InChI is InChI=1S/C16H11N5O/c22-15-13-8-4-5-9-14(13)19-16(20-11-17-10-18-20)21(15)12-6-2-1-3-7-12/h1-11H. The smallest absolute Gasteiger partial charge is 0.267 e. The molecule has 0 aliphatic heterocycles. The van der Waals surface area contributed by atoms with Gasteiger partial charge in [-0.25, -0.2) is 14.5 Å². The van der Waals surface area contributed by atoms with Gasteiger partial charge in [-0.05, 0) is 24.3 Å². The van der Waals surface area contributed by atoms with Crippen LogP contribution in [-0.4, -0.2) is 24.3 Å². The van der Waals surface area contributed by atoms with Gasteiger partial charge in [0.2, 0.25) is 5.95 Å². The number of hydrogen-bond acceptors (Lipinski definition) is 4. The van der Waals surface area contributed by atoms with Crippen LogP contribution in [0.2, 0.25) is 0 Å². The van der Waals surface area contributed by atoms with Crippen LogP contribution in [0.5, 0.6) is 0 Å². The second-order valence-corrected chi connectivity index (χ2v) is 4.75. The fraction of sp³-hybridized carbons (Fsp3) is 0. The summed E-state index contributed by atoms with van der Waals surface area (Å²) in [6, 6.07) is 16.6. The molecule has 0 N–H and O–H groups in total. The summed E-state index contributed by atoms with van der Waals surface area (Å²) in [6.07, 6.45) is 2.94. The molecule has 4 aromatic rings. The molecule has 0 aliphatic carbocycles. The number of fused-ring (bicyclic) bond motifs is 1. The molecule has 6 nitrogen and oxygen atoms in total. The third kappa shape index (κ3) is 1.89. The number of aromatic nitrogens is 5. The second-order valence-electron chi connectivity index (χ2n) is 4.75. The molecule has 2 aromatic carbocycles. The van der Waals surface area contributed by atoms with Gasteiger partial charge >= 0.3 is 0 Å². The molecule has 0 bridgehead atoms. The minimum absolute atomic E-state index is 0.137. The van der Waals surface area contributed by atoms with Crippen LogP contribution in [0, 0.1) is 0 Å². The van der Waals surface area contributed by atoms with Crippen molar-refractivity contribution >= 4 is 10.9 Å². The van der Waals surface area contributed by atoms with E-state index in [0.717, 1.165) is 5.69 Å². The van der Waals surface area contributed by atoms with Gasteiger partial charge in [-0.3, -0.25) is 4.79 Å². The molecular formula is C16H11N5O. The normalized spacial score (nSPS) is 10.9. The van der Waals surface area contributed by atoms with Gasteiger partial charge < -0.3 is 0 Å². The lowest BCUT2D eigenvalue weighted by atomic mass is 10.2. The number of rotatable bonds is 2. The summed E-state index contributed by atoms with van der Waals surface area (Å²) in [7, 11) is 0. The van der Waals surface area contributed by atoms with Crippen LogP contribution in [0.25, 0.3) is 22.5 Å². The Bertz CT molecular complexity index is 990. The Labute approximate surface area is 125 Å². The topological polar surface area (TPSA) is 65.6 Å². The van der Waals surface area contributed by atoms with Crippen LogP contribution in [0.3, 0.4) is 0 Å². The Morgan fingerprint density at radius 3 is 2.45 bits per heavy atom. The Hall–Kier alpha value is -3.28. The molecule has 0 saturated heterocycles. The first-order chi connectivity index (χ1) is 10.8. The van der Waals surface area contributed by atoms with E-state index in [1.165, 1.54) is 21.9 Å². The van der Waals surface area contributed by atoms with Gasteiger partial charge in [-0.1, -0.05) is 30.3 Å². The molecule has 0 radical (unpaired) electrons. The van der Waals surface area contributed by atoms with Gasteiger partial charge in [0.15, 0.2) is 0 Å². The van der Waals surface area contributed by atoms with Crippen molar-refractivity contribution in [3.8, 4) is 11.6 Å². The van der Waals surface area contributed by atoms with Crippen molar-refractivity contribution in [1.29, 1.82) is 0 Å². The Morgan fingerprint density at radius 2 is 1.68 bits per heavy atom. The van der Waals surface area contributed by atoms with Crippen LogP contribution in [-0.2, 0) is 0 Å². The SMILES string of the molecule is O=c1c2ccccc2nc(-n2cncn2)n1-c1ccccc1. The third-order valence-electron chi connectivity index (χ3n) is 3.40. The maximum Gasteiger partial charge on any atom is 0.267 e. The van der Waals surface area contributed by atoms with Gasteiger partial charge in [0.25, 0.3) is 5.56 Å². The zero-order chi connectivity index (χ0) is 14.9. The summed E-state index contributed by atoms with van der Waals surface area (Å²) in [5, 5.41) is 4.67. The molecule has 106 valence electrons. The lowest BCUT2D eigenvalue weighted by Gasteiger charge is -2.12. The average molecular weight is 289 g/mol. The molecule has 0 amide bonds. The Kier molecular flexibility index (Phi) is 2.79. The highest BCUT2D eigenvalue weighted by Gasteiger charge is 2.14. The maximum atomic E-state index is 12.9. The van der Waals surface area contributed by atoms with Crippen molar-refractivity contribution in [2.24, 2.45) is 0 Å². The summed E-state index contributed by atoms with van der Waals surface area (Å²) in [6.45, 7) is 0. The largest absolute Gasteiger partial charge is 0.268 e. The second kappa shape index (κ2) is 4.92. The van der Waals surface area contributed by atoms with Gasteiger partial charge in [0.1, 0.15) is 12.7 Å². The molecule has 0 saturated carbocycles. The summed E-state index contributed by atoms with van der Waals surface area (Å²) in [5.41, 5.74) is 1.23. The lowest BCUT2D eigenvalue weighted by Crippen LogP contribution is -2.24. The van der Waals surface area contributed by atoms with Crippen LogP contribution in [0.4, 0.5) is 0 Å². The maximum absolute atomic E-state index is 12.9. The quantitative estimate of drug-likeness (QED) is 0.566. The number of nitrogens with zero attached hydrogens (tertiary/aromatic N) is 5. The molecule has 0 fully saturated rings. The highest BCUT2D eigenvalue weighted by atomic mass is 16.1. The monoisotopic (exact) mass is 289 g/mol. The molecule has 22 heavy (non-hydrogen) atoms. The summed E-state index contributed by atoms with van der Waals surface area (Å²) < 4.78 is 3.03. The number of benzene rings is 2. The predicted molar refractivity (Wildman–Crippen MR) is 82.3 cm³/mol. The first-order valence-electron chi connectivity index (χ1n) is 6.77. The zero-order valence-corrected chi connectivity index (χ0v) is 11.5. The highest BCUT2D eigenvalue weighted by Crippen LogP contribution is 2.14. The van der Waals surface area contributed by atoms with Crippen molar-refractivity contribution in [3.05, 3.63) is 77.6 Å². The highest BCUT2D eigenvalue weighted by molar-refractivity contribution is 5.78. The average Bonchev–Trinajstić information content (AvgIpc) is 3.10. The van der Waals surface area contributed by atoms with E-state index in [0.29, 0.717) is 16.9 Å². The van der Waals surface area contributed by atoms with Crippen molar-refractivity contribution in [2.45, 2.75) is 0 Å². The Morgan fingerprint density at radius 1 is 0.909 bits per heavy atom. The first-order valence-corrected chi connectivity index (χ1v) is 6.77. The molecule has 4 rings (SSSR count). The van der Waals surface area contributed by atoms with Crippen LogP contribution >= 0.6 is 0 Å². The fourth-order valence-electron chi connectivity index (χ4n) is 2.40. The molecule has 0 unspecified atom stereocenters. The van der Waals surface area contributed by atoms with Gasteiger partial charge in [0, 0.05) is 0 Å². The van der Waals surface area contributed by atoms with Crippen molar-refractivity contribution in [1.82, 2.24) is 24.3 Å². The summed E-state index contributed by atoms with van der Waals surface area (Å²) in [5.74, 6) is 0.410. The number of para-hydroxylation sites is 2. The zero-order valence-electron chi connectivity index (χ0n) is 11.5. The van der Waals surface area contributed by atoms with Crippen molar-refractivity contribution < 1.29 is 0 Å². The van der Waals surface area contributed by atoms with E-state index in [4.69, 9.17) is 0 Å². The molecule has 2 heterocycles. The molecule has 0 aliphatic rings. The lowest BCUT2D eigenvalue weighted by molar-refractivity contribution is 0.761. The van der Waals surface area contributed by atoms with E-state index in [9.17, 15) is 4.79 Å². The van der Waals surface area contributed by atoms with Crippen molar-refractivity contribution in [3.63, 3.8) is 0 Å². The summed E-state index contributed by atoms with van der Waals surface area (Å²) in [4.78, 5) is 21.4. The fourth-order valence-corrected chi connectivity index (χ4v) is 2.40. The van der Waals surface area contributed by atoms with E-state index in [1.54, 1.807) is 6.07 Å². The minimum atomic E-state index is -0.137. The van der Waals surface area contributed by atoms with Crippen molar-refractivity contribution in [2.75, 3.05) is 0 Å². The number of hydrogen-bond donors (Lipinski definition) is 0. The van der Waals surface area contributed by atoms with E-state index in [1.807, 2.05) is 48.5 Å². The molecular weight excluding hydrogens is 278 g/mol. The van der Waals surface area contributed by atoms with Crippen LogP contribution in [0.1, 0.15) is 0 Å². The molecule has 2 aromatic heterocycles. The van der Waals surface area contributed by atoms with Gasteiger partial charge in [-0.2, -0.15) is 9.78 Å². The van der Waals surface area contributed by atoms with Crippen LogP contribution < -0.4 is 5.56 Å². The van der Waals surface area contributed by atoms with E-state index < -0.39 is 0 Å². The molecule has 0 atom stereocenters. The predicted octanol–water partition coefficient (Wildman–Crippen LogP) is 1.97. The van der Waals surface area contributed by atoms with Gasteiger partial charge in [-0.15, -0.1) is 0 Å². The van der Waals surface area contributed by atoms with Crippen LogP contribution in [0.15, 0.2) is 72.0 Å². The Balaban J connectivity index is 2.15. The summed E-state index contributed by atoms with van der Waals surface area (Å²) >= 11 is 0. The van der Waals surface area contributed by atoms with Gasteiger partial charge in [0.05, 0.1) is 16.6 Å². The minimum Gasteiger partial charge on any atom is -0.268 e. The van der Waals surface area contributed by atoms with E-state index in [2.05, 4.69) is 15.1 Å². The van der Waals surface area contributed by atoms with E-state index >= 15 is 0 Å². The first kappa shape index (κ1) is 12.5. The third-order valence-corrected chi connectivity index (χ3v) is 3.40. The van der Waals surface area contributed by atoms with E-state index in [-0.39, 0.29) is 5.56 Å².